The molecule has 1 saturated carbocycles. The van der Waals surface area contributed by atoms with E-state index in [4.69, 9.17) is 4.74 Å². The predicted octanol–water partition coefficient (Wildman–Crippen LogP) is 2.39. The zero-order valence-electron chi connectivity index (χ0n) is 14.1. The van der Waals surface area contributed by atoms with Crippen LogP contribution in [0.3, 0.4) is 0 Å². The molecular formula is C18H17F2N3O3. The number of hydrogen-bond donors (Lipinski definition) is 0. The number of ether oxygens (including phenoxy) is 1. The lowest BCUT2D eigenvalue weighted by Gasteiger charge is -2.17. The highest BCUT2D eigenvalue weighted by Crippen LogP contribution is 2.36. The molecule has 8 heteroatoms. The third kappa shape index (κ3) is 2.75. The van der Waals surface area contributed by atoms with Gasteiger partial charge in [-0.1, -0.05) is 0 Å². The second-order valence-electron chi connectivity index (χ2n) is 6.60. The van der Waals surface area contributed by atoms with Gasteiger partial charge in [0.2, 0.25) is 11.7 Å². The van der Waals surface area contributed by atoms with Gasteiger partial charge >= 0.3 is 0 Å². The molecule has 2 aromatic rings. The largest absolute Gasteiger partial charge is 0.497 e. The van der Waals surface area contributed by atoms with Crippen molar-refractivity contribution in [2.24, 2.45) is 0 Å². The minimum absolute atomic E-state index is 0.00984. The predicted molar refractivity (Wildman–Crippen MR) is 89.4 cm³/mol. The van der Waals surface area contributed by atoms with Gasteiger partial charge < -0.3 is 9.30 Å². The number of aromatic nitrogens is 2. The van der Waals surface area contributed by atoms with Crippen molar-refractivity contribution in [3.05, 3.63) is 52.1 Å². The standard InChI is InChI=1S/C18H17F2N3O3/c1-26-12-7-13(19)16(14(20)8-12)10-6-15(24)23(9-10)17-18(25)22(5-4-21-17)11-2-3-11/h4-5,7-8,10-11H,2-3,6,9H2,1H3. The van der Waals surface area contributed by atoms with E-state index in [1.807, 2.05) is 0 Å². The van der Waals surface area contributed by atoms with E-state index in [1.165, 1.54) is 18.2 Å². The Morgan fingerprint density at radius 3 is 2.50 bits per heavy atom. The van der Waals surface area contributed by atoms with Gasteiger partial charge in [-0.3, -0.25) is 14.5 Å². The van der Waals surface area contributed by atoms with Crippen molar-refractivity contribution in [1.29, 1.82) is 0 Å². The quantitative estimate of drug-likeness (QED) is 0.839. The summed E-state index contributed by atoms with van der Waals surface area (Å²) in [6.07, 6.45) is 4.83. The molecule has 1 aliphatic carbocycles. The van der Waals surface area contributed by atoms with E-state index in [0.29, 0.717) is 0 Å². The molecule has 2 aliphatic rings. The van der Waals surface area contributed by atoms with E-state index in [1.54, 1.807) is 10.8 Å². The van der Waals surface area contributed by atoms with Crippen LogP contribution in [-0.2, 0) is 4.79 Å². The highest BCUT2D eigenvalue weighted by atomic mass is 19.1. The van der Waals surface area contributed by atoms with Crippen LogP contribution in [0, 0.1) is 11.6 Å². The van der Waals surface area contributed by atoms with Gasteiger partial charge in [-0.2, -0.15) is 0 Å². The summed E-state index contributed by atoms with van der Waals surface area (Å²) in [6, 6.07) is 2.33. The maximum absolute atomic E-state index is 14.3. The molecule has 0 bridgehead atoms. The van der Waals surface area contributed by atoms with Crippen LogP contribution < -0.4 is 15.2 Å². The molecule has 0 spiro atoms. The SMILES string of the molecule is COc1cc(F)c(C2CC(=O)N(c3nccn(C4CC4)c3=O)C2)c(F)c1. The molecule has 2 heterocycles. The first-order valence-corrected chi connectivity index (χ1v) is 8.40. The monoisotopic (exact) mass is 361 g/mol. The summed E-state index contributed by atoms with van der Waals surface area (Å²) in [5.74, 6) is -2.51. The maximum Gasteiger partial charge on any atom is 0.294 e. The first-order valence-electron chi connectivity index (χ1n) is 8.40. The maximum atomic E-state index is 14.3. The lowest BCUT2D eigenvalue weighted by Crippen LogP contribution is -2.34. The topological polar surface area (TPSA) is 64.4 Å². The number of rotatable bonds is 4. The zero-order chi connectivity index (χ0) is 18.4. The summed E-state index contributed by atoms with van der Waals surface area (Å²) < 4.78 is 35.1. The van der Waals surface area contributed by atoms with Crippen LogP contribution in [0.15, 0.2) is 29.3 Å². The zero-order valence-corrected chi connectivity index (χ0v) is 14.1. The Balaban J connectivity index is 1.66. The van der Waals surface area contributed by atoms with Crippen molar-refractivity contribution in [2.75, 3.05) is 18.6 Å². The number of benzene rings is 1. The van der Waals surface area contributed by atoms with Crippen molar-refractivity contribution in [3.63, 3.8) is 0 Å². The van der Waals surface area contributed by atoms with E-state index in [-0.39, 0.29) is 47.6 Å². The lowest BCUT2D eigenvalue weighted by atomic mass is 9.97. The summed E-state index contributed by atoms with van der Waals surface area (Å²) in [4.78, 5) is 30.3. The highest BCUT2D eigenvalue weighted by molar-refractivity contribution is 5.95. The number of amides is 1. The van der Waals surface area contributed by atoms with Crippen LogP contribution >= 0.6 is 0 Å². The molecule has 0 radical (unpaired) electrons. The number of hydrogen-bond acceptors (Lipinski definition) is 4. The van der Waals surface area contributed by atoms with E-state index in [9.17, 15) is 18.4 Å². The second-order valence-corrected chi connectivity index (χ2v) is 6.60. The molecule has 1 aromatic heterocycles. The smallest absolute Gasteiger partial charge is 0.294 e. The molecule has 1 aromatic carbocycles. The molecule has 1 saturated heterocycles. The van der Waals surface area contributed by atoms with Crippen LogP contribution in [0.25, 0.3) is 0 Å². The lowest BCUT2D eigenvalue weighted by molar-refractivity contribution is -0.117. The summed E-state index contributed by atoms with van der Waals surface area (Å²) in [5.41, 5.74) is -0.514. The van der Waals surface area contributed by atoms with Gasteiger partial charge in [0, 0.05) is 55.0 Å². The molecule has 6 nitrogen and oxygen atoms in total. The van der Waals surface area contributed by atoms with Crippen LogP contribution in [0.2, 0.25) is 0 Å². The number of methoxy groups -OCH3 is 1. The van der Waals surface area contributed by atoms with Gasteiger partial charge in [0.05, 0.1) is 7.11 Å². The van der Waals surface area contributed by atoms with Crippen molar-refractivity contribution in [1.82, 2.24) is 9.55 Å². The van der Waals surface area contributed by atoms with Gasteiger partial charge in [0.15, 0.2) is 0 Å². The average Bonchev–Trinajstić information content (AvgIpc) is 3.38. The highest BCUT2D eigenvalue weighted by Gasteiger charge is 2.37. The molecule has 1 atom stereocenters. The summed E-state index contributed by atoms with van der Waals surface area (Å²) in [5, 5.41) is 0. The van der Waals surface area contributed by atoms with E-state index >= 15 is 0 Å². The van der Waals surface area contributed by atoms with Crippen molar-refractivity contribution >= 4 is 11.7 Å². The first-order chi connectivity index (χ1) is 12.5. The third-order valence-electron chi connectivity index (χ3n) is 4.87. The third-order valence-corrected chi connectivity index (χ3v) is 4.87. The van der Waals surface area contributed by atoms with Gasteiger partial charge in [-0.05, 0) is 12.8 Å². The summed E-state index contributed by atoms with van der Waals surface area (Å²) in [6.45, 7) is 0.00984. The fourth-order valence-corrected chi connectivity index (χ4v) is 3.41. The fourth-order valence-electron chi connectivity index (χ4n) is 3.41. The number of carbonyl (C=O) groups excluding carboxylic acids is 1. The van der Waals surface area contributed by atoms with E-state index in [0.717, 1.165) is 25.0 Å². The minimum Gasteiger partial charge on any atom is -0.497 e. The van der Waals surface area contributed by atoms with Crippen molar-refractivity contribution in [3.8, 4) is 5.75 Å². The molecule has 26 heavy (non-hydrogen) atoms. The Kier molecular flexibility index (Phi) is 3.97. The molecule has 1 amide bonds. The molecule has 4 rings (SSSR count). The molecule has 1 unspecified atom stereocenters. The van der Waals surface area contributed by atoms with Crippen molar-refractivity contribution < 1.29 is 18.3 Å². The fraction of sp³-hybridized carbons (Fsp3) is 0.389. The number of anilines is 1. The molecular weight excluding hydrogens is 344 g/mol. The molecule has 1 aliphatic heterocycles. The second kappa shape index (κ2) is 6.19. The Labute approximate surface area is 148 Å². The van der Waals surface area contributed by atoms with Gasteiger partial charge in [0.25, 0.3) is 5.56 Å². The molecule has 136 valence electrons. The first kappa shape index (κ1) is 16.7. The normalized spacial score (nSPS) is 19.9. The van der Waals surface area contributed by atoms with Crippen molar-refractivity contribution in [2.45, 2.75) is 31.2 Å². The molecule has 2 fully saturated rings. The number of halogens is 2. The van der Waals surface area contributed by atoms with Crippen LogP contribution in [0.1, 0.15) is 36.8 Å². The number of carbonyl (C=O) groups is 1. The summed E-state index contributed by atoms with van der Waals surface area (Å²) in [7, 11) is 1.32. The van der Waals surface area contributed by atoms with Gasteiger partial charge in [-0.15, -0.1) is 0 Å². The number of nitrogens with zero attached hydrogens (tertiary/aromatic N) is 3. The van der Waals surface area contributed by atoms with E-state index < -0.39 is 17.6 Å². The van der Waals surface area contributed by atoms with E-state index in [2.05, 4.69) is 4.98 Å². The average molecular weight is 361 g/mol. The summed E-state index contributed by atoms with van der Waals surface area (Å²) >= 11 is 0. The molecule has 0 N–H and O–H groups in total. The Bertz CT molecular complexity index is 917. The Morgan fingerprint density at radius 2 is 1.88 bits per heavy atom. The van der Waals surface area contributed by atoms with Crippen LogP contribution in [0.5, 0.6) is 5.75 Å². The Morgan fingerprint density at radius 1 is 1.19 bits per heavy atom. The van der Waals surface area contributed by atoms with Crippen LogP contribution in [-0.4, -0.2) is 29.1 Å². The Hall–Kier alpha value is -2.77. The van der Waals surface area contributed by atoms with Crippen LogP contribution in [0.4, 0.5) is 14.6 Å². The minimum atomic E-state index is -0.766. The van der Waals surface area contributed by atoms with Gasteiger partial charge in [-0.25, -0.2) is 13.8 Å². The van der Waals surface area contributed by atoms with Gasteiger partial charge in [0.1, 0.15) is 17.4 Å².